The molecule has 0 radical (unpaired) electrons. The van der Waals surface area contributed by atoms with Crippen LogP contribution in [0.15, 0.2) is 59.8 Å². The molecule has 0 unspecified atom stereocenters. The van der Waals surface area contributed by atoms with Crippen LogP contribution in [0.3, 0.4) is 0 Å². The van der Waals surface area contributed by atoms with Crippen LogP contribution in [0.1, 0.15) is 18.2 Å². The van der Waals surface area contributed by atoms with Crippen molar-refractivity contribution in [3.63, 3.8) is 0 Å². The molecule has 0 atom stereocenters. The molecule has 0 N–H and O–H groups in total. The molecular formula is C19H16ClFN2OS. The van der Waals surface area contributed by atoms with Crippen LogP contribution in [0.25, 0.3) is 0 Å². The molecule has 0 saturated carbocycles. The molecule has 0 fully saturated rings. The van der Waals surface area contributed by atoms with E-state index in [-0.39, 0.29) is 5.82 Å². The highest BCUT2D eigenvalue weighted by atomic mass is 35.5. The molecule has 3 aromatic rings. The first-order chi connectivity index (χ1) is 12.1. The third-order valence-corrected chi connectivity index (χ3v) is 4.53. The molecule has 0 spiro atoms. The Kier molecular flexibility index (Phi) is 5.89. The van der Waals surface area contributed by atoms with Crippen molar-refractivity contribution in [2.24, 2.45) is 0 Å². The molecule has 2 aromatic carbocycles. The predicted octanol–water partition coefficient (Wildman–Crippen LogP) is 5.92. The molecule has 128 valence electrons. The lowest BCUT2D eigenvalue weighted by atomic mass is 10.2. The zero-order valence-corrected chi connectivity index (χ0v) is 15.1. The van der Waals surface area contributed by atoms with E-state index in [1.54, 1.807) is 18.2 Å². The summed E-state index contributed by atoms with van der Waals surface area (Å²) in [6.07, 6.45) is 0.757. The van der Waals surface area contributed by atoms with Gasteiger partial charge in [-0.2, -0.15) is 4.98 Å². The van der Waals surface area contributed by atoms with E-state index in [4.69, 9.17) is 16.3 Å². The number of halogens is 2. The van der Waals surface area contributed by atoms with Crippen LogP contribution in [0.5, 0.6) is 11.6 Å². The molecule has 0 aliphatic carbocycles. The lowest BCUT2D eigenvalue weighted by Gasteiger charge is -2.08. The van der Waals surface area contributed by atoms with Crippen LogP contribution in [-0.2, 0) is 12.2 Å². The van der Waals surface area contributed by atoms with Gasteiger partial charge in [-0.25, -0.2) is 9.37 Å². The Morgan fingerprint density at radius 1 is 1.08 bits per heavy atom. The van der Waals surface area contributed by atoms with Gasteiger partial charge < -0.3 is 4.74 Å². The van der Waals surface area contributed by atoms with Gasteiger partial charge in [-0.05, 0) is 36.2 Å². The molecule has 0 aliphatic rings. The van der Waals surface area contributed by atoms with Gasteiger partial charge in [0.25, 0.3) is 0 Å². The largest absolute Gasteiger partial charge is 0.439 e. The third-order valence-electron chi connectivity index (χ3n) is 3.37. The molecule has 0 saturated heterocycles. The summed E-state index contributed by atoms with van der Waals surface area (Å²) in [6, 6.07) is 15.4. The first-order valence-corrected chi connectivity index (χ1v) is 9.17. The zero-order chi connectivity index (χ0) is 17.6. The van der Waals surface area contributed by atoms with Crippen LogP contribution in [-0.4, -0.2) is 9.97 Å². The molecule has 1 aromatic heterocycles. The van der Waals surface area contributed by atoms with Crippen molar-refractivity contribution >= 4 is 23.4 Å². The zero-order valence-electron chi connectivity index (χ0n) is 13.6. The van der Waals surface area contributed by atoms with E-state index in [0.29, 0.717) is 27.6 Å². The van der Waals surface area contributed by atoms with Crippen LogP contribution >= 0.6 is 23.4 Å². The van der Waals surface area contributed by atoms with Crippen molar-refractivity contribution in [1.29, 1.82) is 0 Å². The van der Waals surface area contributed by atoms with Crippen molar-refractivity contribution in [1.82, 2.24) is 9.97 Å². The minimum absolute atomic E-state index is 0.349. The smallest absolute Gasteiger partial charge is 0.223 e. The lowest BCUT2D eigenvalue weighted by molar-refractivity contribution is 0.449. The van der Waals surface area contributed by atoms with Gasteiger partial charge in [0.15, 0.2) is 5.16 Å². The normalized spacial score (nSPS) is 10.7. The van der Waals surface area contributed by atoms with Crippen LogP contribution in [0.4, 0.5) is 4.39 Å². The van der Waals surface area contributed by atoms with Gasteiger partial charge in [0, 0.05) is 28.6 Å². The van der Waals surface area contributed by atoms with Crippen LogP contribution in [0, 0.1) is 5.82 Å². The first kappa shape index (κ1) is 17.7. The van der Waals surface area contributed by atoms with Gasteiger partial charge >= 0.3 is 0 Å². The number of aryl methyl sites for hydroxylation is 1. The fourth-order valence-corrected chi connectivity index (χ4v) is 3.20. The number of benzene rings is 2. The number of ether oxygens (including phenoxy) is 1. The van der Waals surface area contributed by atoms with E-state index < -0.39 is 0 Å². The topological polar surface area (TPSA) is 35.0 Å². The van der Waals surface area contributed by atoms with Gasteiger partial charge in [0.05, 0.1) is 0 Å². The van der Waals surface area contributed by atoms with Gasteiger partial charge in [-0.3, -0.25) is 0 Å². The monoisotopic (exact) mass is 374 g/mol. The maximum Gasteiger partial charge on any atom is 0.223 e. The summed E-state index contributed by atoms with van der Waals surface area (Å²) in [5, 5.41) is 1.32. The van der Waals surface area contributed by atoms with Gasteiger partial charge in [-0.1, -0.05) is 48.5 Å². The molecule has 1 heterocycles. The minimum atomic E-state index is -0.349. The summed E-state index contributed by atoms with van der Waals surface area (Å²) < 4.78 is 19.0. The second-order valence-electron chi connectivity index (χ2n) is 5.31. The first-order valence-electron chi connectivity index (χ1n) is 7.81. The fraction of sp³-hybridized carbons (Fsp3) is 0.158. The van der Waals surface area contributed by atoms with Crippen molar-refractivity contribution in [3.05, 3.63) is 76.7 Å². The molecule has 0 bridgehead atoms. The molecule has 3 rings (SSSR count). The molecular weight excluding hydrogens is 359 g/mol. The van der Waals surface area contributed by atoms with Gasteiger partial charge in [-0.15, -0.1) is 0 Å². The summed E-state index contributed by atoms with van der Waals surface area (Å²) in [4.78, 5) is 8.93. The van der Waals surface area contributed by atoms with Crippen LogP contribution in [0.2, 0.25) is 5.02 Å². The summed E-state index contributed by atoms with van der Waals surface area (Å²) in [5.41, 5.74) is 1.96. The third kappa shape index (κ3) is 5.18. The maximum atomic E-state index is 13.3. The average molecular weight is 375 g/mol. The Morgan fingerprint density at radius 2 is 1.92 bits per heavy atom. The summed E-state index contributed by atoms with van der Waals surface area (Å²) in [6.45, 7) is 2.01. The highest BCUT2D eigenvalue weighted by molar-refractivity contribution is 7.98. The predicted molar refractivity (Wildman–Crippen MR) is 98.9 cm³/mol. The standard InChI is InChI=1S/C19H16ClFN2OS/c1-2-16-11-18(24-17-8-4-7-15(21)10-17)23-19(22-16)25-12-13-5-3-6-14(20)9-13/h3-11H,2,12H2,1H3. The van der Waals surface area contributed by atoms with E-state index >= 15 is 0 Å². The number of aromatic nitrogens is 2. The minimum Gasteiger partial charge on any atom is -0.439 e. The fourth-order valence-electron chi connectivity index (χ4n) is 2.17. The van der Waals surface area contributed by atoms with Crippen molar-refractivity contribution in [2.75, 3.05) is 0 Å². The van der Waals surface area contributed by atoms with Crippen molar-refractivity contribution in [3.8, 4) is 11.6 Å². The number of hydrogen-bond donors (Lipinski definition) is 0. The number of rotatable bonds is 6. The molecule has 3 nitrogen and oxygen atoms in total. The van der Waals surface area contributed by atoms with E-state index in [0.717, 1.165) is 17.7 Å². The van der Waals surface area contributed by atoms with Gasteiger partial charge in [0.1, 0.15) is 11.6 Å². The van der Waals surface area contributed by atoms with Crippen molar-refractivity contribution in [2.45, 2.75) is 24.3 Å². The molecule has 0 amide bonds. The molecule has 0 aliphatic heterocycles. The summed E-state index contributed by atoms with van der Waals surface area (Å²) >= 11 is 7.52. The Bertz CT molecular complexity index is 876. The number of hydrogen-bond acceptors (Lipinski definition) is 4. The van der Waals surface area contributed by atoms with Gasteiger partial charge in [0.2, 0.25) is 5.88 Å². The van der Waals surface area contributed by atoms with Crippen molar-refractivity contribution < 1.29 is 9.13 Å². The van der Waals surface area contributed by atoms with E-state index in [2.05, 4.69) is 9.97 Å². The van der Waals surface area contributed by atoms with Crippen LogP contribution < -0.4 is 4.74 Å². The van der Waals surface area contributed by atoms with E-state index in [1.165, 1.54) is 23.9 Å². The highest BCUT2D eigenvalue weighted by Gasteiger charge is 2.08. The Labute approximate surface area is 155 Å². The summed E-state index contributed by atoms with van der Waals surface area (Å²) in [7, 11) is 0. The Morgan fingerprint density at radius 3 is 2.68 bits per heavy atom. The SMILES string of the molecule is CCc1cc(Oc2cccc(F)c2)nc(SCc2cccc(Cl)c2)n1. The average Bonchev–Trinajstić information content (AvgIpc) is 2.60. The second kappa shape index (κ2) is 8.32. The molecule has 6 heteroatoms. The Hall–Kier alpha value is -2.11. The molecule has 25 heavy (non-hydrogen) atoms. The quantitative estimate of drug-likeness (QED) is 0.396. The summed E-state index contributed by atoms with van der Waals surface area (Å²) in [5.74, 6) is 1.17. The lowest BCUT2D eigenvalue weighted by Crippen LogP contribution is -1.97. The van der Waals surface area contributed by atoms with E-state index in [9.17, 15) is 4.39 Å². The maximum absolute atomic E-state index is 13.3. The number of nitrogens with zero attached hydrogens (tertiary/aromatic N) is 2. The second-order valence-corrected chi connectivity index (χ2v) is 6.69. The van der Waals surface area contributed by atoms with E-state index in [1.807, 2.05) is 31.2 Å². The highest BCUT2D eigenvalue weighted by Crippen LogP contribution is 2.26. The Balaban J connectivity index is 1.77. The number of thioether (sulfide) groups is 1.